The third-order valence-corrected chi connectivity index (χ3v) is 3.69. The number of likely N-dealkylation sites (tertiary alicyclic amines) is 1. The third-order valence-electron chi connectivity index (χ3n) is 3.23. The number of rotatable bonds is 2. The summed E-state index contributed by atoms with van der Waals surface area (Å²) in [7, 11) is 0. The molecule has 24 heavy (non-hydrogen) atoms. The highest BCUT2D eigenvalue weighted by molar-refractivity contribution is 6.33. The minimum atomic E-state index is -0.473. The molecule has 2 heterocycles. The van der Waals surface area contributed by atoms with Crippen LogP contribution in [0.2, 0.25) is 10.3 Å². The summed E-state index contributed by atoms with van der Waals surface area (Å²) in [5.41, 5.74) is 0.191. The first kappa shape index (κ1) is 20.8. The number of ether oxygens (including phenoxy) is 1. The molecule has 0 bridgehead atoms. The summed E-state index contributed by atoms with van der Waals surface area (Å²) in [6, 6.07) is 1.85. The summed E-state index contributed by atoms with van der Waals surface area (Å²) >= 11 is 11.8. The molecule has 1 saturated heterocycles. The normalized spacial score (nSPS) is 15.4. The highest BCUT2D eigenvalue weighted by Crippen LogP contribution is 2.24. The van der Waals surface area contributed by atoms with E-state index in [4.69, 9.17) is 27.9 Å². The van der Waals surface area contributed by atoms with Gasteiger partial charge in [-0.25, -0.2) is 4.79 Å². The van der Waals surface area contributed by atoms with Crippen LogP contribution in [-0.2, 0) is 4.74 Å². The second-order valence-corrected chi connectivity index (χ2v) is 7.00. The van der Waals surface area contributed by atoms with E-state index in [2.05, 4.69) is 15.5 Å². The van der Waals surface area contributed by atoms with Crippen molar-refractivity contribution in [1.29, 1.82) is 0 Å². The maximum atomic E-state index is 12.0. The van der Waals surface area contributed by atoms with Gasteiger partial charge in [0, 0.05) is 25.2 Å². The largest absolute Gasteiger partial charge is 0.444 e. The van der Waals surface area contributed by atoms with Crippen molar-refractivity contribution >= 4 is 35.0 Å². The fraction of sp³-hybridized carbons (Fsp3) is 0.688. The number of aromatic nitrogens is 2. The number of carbonyl (C=O) groups excluding carboxylic acids is 1. The minimum absolute atomic E-state index is 0.205. The predicted molar refractivity (Wildman–Crippen MR) is 97.9 cm³/mol. The summed E-state index contributed by atoms with van der Waals surface area (Å²) in [5.74, 6) is 0. The molecule has 0 aliphatic carbocycles. The Morgan fingerprint density at radius 1 is 1.25 bits per heavy atom. The molecule has 1 N–H and O–H groups in total. The van der Waals surface area contributed by atoms with E-state index >= 15 is 0 Å². The number of nitrogens with zero attached hydrogens (tertiary/aromatic N) is 3. The molecule has 0 aromatic carbocycles. The van der Waals surface area contributed by atoms with E-state index in [1.165, 1.54) is 0 Å². The van der Waals surface area contributed by atoms with Gasteiger partial charge < -0.3 is 15.0 Å². The zero-order valence-corrected chi connectivity index (χ0v) is 16.4. The number of carbonyl (C=O) groups is 1. The summed E-state index contributed by atoms with van der Waals surface area (Å²) < 4.78 is 5.38. The lowest BCUT2D eigenvalue weighted by Crippen LogP contribution is -2.44. The smallest absolute Gasteiger partial charge is 0.410 e. The van der Waals surface area contributed by atoms with Crippen molar-refractivity contribution in [1.82, 2.24) is 15.1 Å². The van der Waals surface area contributed by atoms with Gasteiger partial charge in [-0.1, -0.05) is 37.0 Å². The number of anilines is 1. The number of nitrogens with one attached hydrogen (secondary N) is 1. The molecular formula is C16H26Cl2N4O2. The molecular weight excluding hydrogens is 351 g/mol. The fourth-order valence-electron chi connectivity index (χ4n) is 2.21. The monoisotopic (exact) mass is 376 g/mol. The van der Waals surface area contributed by atoms with Crippen LogP contribution in [0.5, 0.6) is 0 Å². The van der Waals surface area contributed by atoms with Gasteiger partial charge in [-0.2, -0.15) is 0 Å². The molecule has 1 fully saturated rings. The van der Waals surface area contributed by atoms with Crippen LogP contribution in [0, 0.1) is 0 Å². The number of hydrogen-bond donors (Lipinski definition) is 1. The van der Waals surface area contributed by atoms with Gasteiger partial charge in [0.15, 0.2) is 10.3 Å². The van der Waals surface area contributed by atoms with Gasteiger partial charge in [0.1, 0.15) is 5.60 Å². The van der Waals surface area contributed by atoms with Crippen molar-refractivity contribution < 1.29 is 9.53 Å². The first-order valence-electron chi connectivity index (χ1n) is 8.18. The van der Waals surface area contributed by atoms with Crippen molar-refractivity contribution in [2.45, 2.75) is 59.1 Å². The first-order chi connectivity index (χ1) is 11.2. The second kappa shape index (κ2) is 9.28. The van der Waals surface area contributed by atoms with Crippen LogP contribution in [0.4, 0.5) is 10.5 Å². The maximum Gasteiger partial charge on any atom is 0.410 e. The Kier molecular flexibility index (Phi) is 8.03. The van der Waals surface area contributed by atoms with Crippen molar-refractivity contribution in [2.24, 2.45) is 0 Å². The topological polar surface area (TPSA) is 67.3 Å². The molecule has 0 spiro atoms. The average molecular weight is 377 g/mol. The summed E-state index contributed by atoms with van der Waals surface area (Å²) in [6.07, 6.45) is 1.34. The highest BCUT2D eigenvalue weighted by atomic mass is 35.5. The molecule has 8 heteroatoms. The lowest BCUT2D eigenvalue weighted by atomic mass is 10.1. The number of halogens is 2. The predicted octanol–water partition coefficient (Wildman–Crippen LogP) is 4.62. The molecule has 1 aromatic rings. The van der Waals surface area contributed by atoms with Crippen molar-refractivity contribution in [3.63, 3.8) is 0 Å². The molecule has 1 aliphatic rings. The van der Waals surface area contributed by atoms with Gasteiger partial charge in [0.2, 0.25) is 0 Å². The average Bonchev–Trinajstić information content (AvgIpc) is 2.52. The van der Waals surface area contributed by atoms with E-state index in [-0.39, 0.29) is 17.3 Å². The standard InChI is InChI=1S/C14H20Cl2N4O2.C2H6/c1-14(2,3)22-13(21)20-6-4-9(5-7-20)17-10-8-11(15)18-19-12(10)16;1-2/h8-9H,4-7H2,1-3H3,(H,17,18);1-2H3. The molecule has 6 nitrogen and oxygen atoms in total. The van der Waals surface area contributed by atoms with Gasteiger partial charge in [0.05, 0.1) is 5.69 Å². The number of amides is 1. The summed E-state index contributed by atoms with van der Waals surface area (Å²) in [4.78, 5) is 13.7. The lowest BCUT2D eigenvalue weighted by molar-refractivity contribution is 0.0210. The molecule has 0 unspecified atom stereocenters. The van der Waals surface area contributed by atoms with E-state index in [9.17, 15) is 4.79 Å². The van der Waals surface area contributed by atoms with E-state index in [1.54, 1.807) is 11.0 Å². The summed E-state index contributed by atoms with van der Waals surface area (Å²) in [6.45, 7) is 10.9. The van der Waals surface area contributed by atoms with Crippen LogP contribution in [0.25, 0.3) is 0 Å². The van der Waals surface area contributed by atoms with Gasteiger partial charge in [-0.3, -0.25) is 0 Å². The Labute approximate surface area is 153 Å². The van der Waals surface area contributed by atoms with Crippen LogP contribution < -0.4 is 5.32 Å². The van der Waals surface area contributed by atoms with E-state index in [1.807, 2.05) is 34.6 Å². The van der Waals surface area contributed by atoms with Crippen LogP contribution in [0.1, 0.15) is 47.5 Å². The minimum Gasteiger partial charge on any atom is -0.444 e. The Morgan fingerprint density at radius 3 is 2.38 bits per heavy atom. The number of hydrogen-bond acceptors (Lipinski definition) is 5. The molecule has 0 saturated carbocycles. The molecule has 2 rings (SSSR count). The maximum absolute atomic E-state index is 12.0. The Bertz CT molecular complexity index is 541. The fourth-order valence-corrected chi connectivity index (χ4v) is 2.50. The van der Waals surface area contributed by atoms with Gasteiger partial charge in [-0.05, 0) is 33.6 Å². The molecule has 0 radical (unpaired) electrons. The van der Waals surface area contributed by atoms with Crippen LogP contribution in [0.15, 0.2) is 6.07 Å². The zero-order valence-electron chi connectivity index (χ0n) is 14.9. The first-order valence-corrected chi connectivity index (χ1v) is 8.93. The zero-order chi connectivity index (χ0) is 18.3. The van der Waals surface area contributed by atoms with Crippen molar-refractivity contribution in [3.05, 3.63) is 16.4 Å². The number of piperidine rings is 1. The van der Waals surface area contributed by atoms with Crippen LogP contribution in [-0.4, -0.2) is 45.9 Å². The molecule has 1 aromatic heterocycles. The molecule has 1 amide bonds. The quantitative estimate of drug-likeness (QED) is 0.815. The van der Waals surface area contributed by atoms with Gasteiger partial charge >= 0.3 is 6.09 Å². The molecule has 0 atom stereocenters. The van der Waals surface area contributed by atoms with Crippen LogP contribution in [0.3, 0.4) is 0 Å². The summed E-state index contributed by atoms with van der Waals surface area (Å²) in [5, 5.41) is 11.3. The van der Waals surface area contributed by atoms with Crippen molar-refractivity contribution in [3.8, 4) is 0 Å². The van der Waals surface area contributed by atoms with Crippen LogP contribution >= 0.6 is 23.2 Å². The van der Waals surface area contributed by atoms with E-state index in [0.717, 1.165) is 12.8 Å². The molecule has 1 aliphatic heterocycles. The van der Waals surface area contributed by atoms with E-state index < -0.39 is 5.60 Å². The van der Waals surface area contributed by atoms with Crippen molar-refractivity contribution in [2.75, 3.05) is 18.4 Å². The second-order valence-electron chi connectivity index (χ2n) is 6.26. The lowest BCUT2D eigenvalue weighted by Gasteiger charge is -2.34. The third kappa shape index (κ3) is 6.69. The Morgan fingerprint density at radius 2 is 1.83 bits per heavy atom. The van der Waals surface area contributed by atoms with Gasteiger partial charge in [-0.15, -0.1) is 10.2 Å². The van der Waals surface area contributed by atoms with E-state index in [0.29, 0.717) is 23.9 Å². The highest BCUT2D eigenvalue weighted by Gasteiger charge is 2.27. The SMILES string of the molecule is CC.CC(C)(C)OC(=O)N1CCC(Nc2cc(Cl)nnc2Cl)CC1. The Hall–Kier alpha value is -1.27. The molecule has 136 valence electrons. The Balaban J connectivity index is 0.00000139. The van der Waals surface area contributed by atoms with Gasteiger partial charge in [0.25, 0.3) is 0 Å².